The maximum Gasteiger partial charge on any atom is 0.224 e. The van der Waals surface area contributed by atoms with Crippen molar-refractivity contribution >= 4 is 11.4 Å². The highest BCUT2D eigenvalue weighted by Crippen LogP contribution is 2.47. The molecule has 134 valence electrons. The summed E-state index contributed by atoms with van der Waals surface area (Å²) in [6, 6.07) is 3.95. The molecule has 0 amide bonds. The second-order valence-corrected chi connectivity index (χ2v) is 6.81. The Bertz CT molecular complexity index is 861. The smallest absolute Gasteiger partial charge is 0.224 e. The number of carbonyl (C=O) groups is 1. The number of hydrogen-bond acceptors (Lipinski definition) is 6. The summed E-state index contributed by atoms with van der Waals surface area (Å²) in [4.78, 5) is 24.7. The van der Waals surface area contributed by atoms with Crippen molar-refractivity contribution in [1.82, 2.24) is 15.0 Å². The molecule has 4 rings (SSSR count). The summed E-state index contributed by atoms with van der Waals surface area (Å²) in [5.74, 6) is 3.00. The molecule has 2 atom stereocenters. The minimum atomic E-state index is 0.152. The molecule has 0 bridgehead atoms. The molecule has 2 aliphatic carbocycles. The summed E-state index contributed by atoms with van der Waals surface area (Å²) in [7, 11) is 1.64. The highest BCUT2D eigenvalue weighted by atomic mass is 16.5. The van der Waals surface area contributed by atoms with Gasteiger partial charge in [-0.05, 0) is 43.5 Å². The third kappa shape index (κ3) is 3.45. The van der Waals surface area contributed by atoms with Gasteiger partial charge in [-0.3, -0.25) is 9.78 Å². The Morgan fingerprint density at radius 1 is 1.19 bits per heavy atom. The van der Waals surface area contributed by atoms with Gasteiger partial charge in [-0.1, -0.05) is 0 Å². The summed E-state index contributed by atoms with van der Waals surface area (Å²) in [6.07, 6.45) is 7.53. The number of pyridine rings is 1. The molecule has 2 aromatic heterocycles. The van der Waals surface area contributed by atoms with E-state index in [0.29, 0.717) is 36.6 Å². The second-order valence-electron chi connectivity index (χ2n) is 6.81. The van der Waals surface area contributed by atoms with Gasteiger partial charge in [0.1, 0.15) is 11.6 Å². The van der Waals surface area contributed by atoms with Crippen LogP contribution >= 0.6 is 0 Å². The topological polar surface area (TPSA) is 74.2 Å². The van der Waals surface area contributed by atoms with Crippen molar-refractivity contribution in [2.75, 3.05) is 13.7 Å². The van der Waals surface area contributed by atoms with Gasteiger partial charge in [0, 0.05) is 30.1 Å². The lowest BCUT2D eigenvalue weighted by Gasteiger charge is -2.11. The zero-order chi connectivity index (χ0) is 18.1. The van der Waals surface area contributed by atoms with Gasteiger partial charge in [0.15, 0.2) is 5.78 Å². The van der Waals surface area contributed by atoms with E-state index in [9.17, 15) is 4.79 Å². The van der Waals surface area contributed by atoms with E-state index in [0.717, 1.165) is 35.4 Å². The summed E-state index contributed by atoms with van der Waals surface area (Å²) < 4.78 is 11.2. The molecule has 0 aliphatic heterocycles. The number of hydrogen-bond donors (Lipinski definition) is 0. The number of aromatic nitrogens is 3. The SMILES string of the molecule is COc1ccc(C2CC2COc2nc(C)ncc2C2=CC(=O)CC2)nc1. The first-order valence-corrected chi connectivity index (χ1v) is 8.84. The molecule has 0 radical (unpaired) electrons. The van der Waals surface area contributed by atoms with E-state index in [1.54, 1.807) is 25.6 Å². The third-order valence-electron chi connectivity index (χ3n) is 4.93. The van der Waals surface area contributed by atoms with Gasteiger partial charge >= 0.3 is 0 Å². The molecule has 0 aromatic carbocycles. The zero-order valence-electron chi connectivity index (χ0n) is 14.9. The molecule has 26 heavy (non-hydrogen) atoms. The van der Waals surface area contributed by atoms with Crippen LogP contribution in [0.25, 0.3) is 5.57 Å². The van der Waals surface area contributed by atoms with Crippen LogP contribution < -0.4 is 9.47 Å². The fourth-order valence-corrected chi connectivity index (χ4v) is 3.30. The van der Waals surface area contributed by atoms with Crippen LogP contribution in [-0.2, 0) is 4.79 Å². The van der Waals surface area contributed by atoms with Crippen LogP contribution in [-0.4, -0.2) is 34.5 Å². The molecular formula is C20H21N3O3. The van der Waals surface area contributed by atoms with Crippen molar-refractivity contribution in [3.63, 3.8) is 0 Å². The standard InChI is InChI=1S/C20H21N3O3/c1-12-21-10-18(13-3-4-15(24)7-13)20(23-12)26-11-14-8-17(14)19-6-5-16(25-2)9-22-19/h5-7,9-10,14,17H,3-4,8,11H2,1-2H3. The summed E-state index contributed by atoms with van der Waals surface area (Å²) in [5.41, 5.74) is 2.87. The maximum absolute atomic E-state index is 11.6. The highest BCUT2D eigenvalue weighted by molar-refractivity contribution is 6.02. The van der Waals surface area contributed by atoms with Gasteiger partial charge in [0.2, 0.25) is 5.88 Å². The quantitative estimate of drug-likeness (QED) is 0.796. The highest BCUT2D eigenvalue weighted by Gasteiger charge is 2.40. The van der Waals surface area contributed by atoms with E-state index in [-0.39, 0.29) is 5.78 Å². The first-order valence-electron chi connectivity index (χ1n) is 8.84. The van der Waals surface area contributed by atoms with Crippen molar-refractivity contribution in [2.45, 2.75) is 32.1 Å². The van der Waals surface area contributed by atoms with Crippen molar-refractivity contribution in [3.05, 3.63) is 47.7 Å². The summed E-state index contributed by atoms with van der Waals surface area (Å²) >= 11 is 0. The number of ether oxygens (including phenoxy) is 2. The maximum atomic E-state index is 11.6. The van der Waals surface area contributed by atoms with E-state index >= 15 is 0 Å². The van der Waals surface area contributed by atoms with Crippen molar-refractivity contribution in [3.8, 4) is 11.6 Å². The lowest BCUT2D eigenvalue weighted by atomic mass is 10.1. The Balaban J connectivity index is 1.43. The molecule has 0 spiro atoms. The minimum absolute atomic E-state index is 0.152. The van der Waals surface area contributed by atoms with E-state index in [4.69, 9.17) is 9.47 Å². The molecule has 6 nitrogen and oxygen atoms in total. The number of allylic oxidation sites excluding steroid dienone is 2. The van der Waals surface area contributed by atoms with Gasteiger partial charge in [-0.2, -0.15) is 4.98 Å². The van der Waals surface area contributed by atoms with E-state index < -0.39 is 0 Å². The van der Waals surface area contributed by atoms with Crippen LogP contribution in [0.1, 0.15) is 42.3 Å². The Labute approximate surface area is 152 Å². The van der Waals surface area contributed by atoms with E-state index in [1.807, 2.05) is 19.1 Å². The zero-order valence-corrected chi connectivity index (χ0v) is 14.9. The summed E-state index contributed by atoms with van der Waals surface area (Å²) in [5, 5.41) is 0. The van der Waals surface area contributed by atoms with Gasteiger partial charge in [0.05, 0.1) is 25.5 Å². The average molecular weight is 351 g/mol. The van der Waals surface area contributed by atoms with Crippen LogP contribution in [0.2, 0.25) is 0 Å². The van der Waals surface area contributed by atoms with Crippen molar-refractivity contribution in [2.24, 2.45) is 5.92 Å². The molecule has 2 aliphatic rings. The van der Waals surface area contributed by atoms with Crippen molar-refractivity contribution < 1.29 is 14.3 Å². The monoisotopic (exact) mass is 351 g/mol. The Morgan fingerprint density at radius 3 is 2.77 bits per heavy atom. The minimum Gasteiger partial charge on any atom is -0.495 e. The third-order valence-corrected chi connectivity index (χ3v) is 4.93. The van der Waals surface area contributed by atoms with Crippen molar-refractivity contribution in [1.29, 1.82) is 0 Å². The lowest BCUT2D eigenvalue weighted by molar-refractivity contribution is -0.114. The molecule has 1 fully saturated rings. The molecule has 0 saturated heterocycles. The van der Waals surface area contributed by atoms with Gasteiger partial charge in [-0.25, -0.2) is 4.98 Å². The number of ketones is 1. The number of rotatable bonds is 6. The molecule has 2 heterocycles. The molecular weight excluding hydrogens is 330 g/mol. The molecule has 1 saturated carbocycles. The normalized spacial score (nSPS) is 21.5. The van der Waals surface area contributed by atoms with E-state index in [2.05, 4.69) is 15.0 Å². The number of carbonyl (C=O) groups excluding carboxylic acids is 1. The van der Waals surface area contributed by atoms with Crippen LogP contribution in [0.3, 0.4) is 0 Å². The second kappa shape index (κ2) is 6.86. The first kappa shape index (κ1) is 16.7. The fourth-order valence-electron chi connectivity index (χ4n) is 3.30. The van der Waals surface area contributed by atoms with Gasteiger partial charge in [-0.15, -0.1) is 0 Å². The first-order chi connectivity index (χ1) is 12.6. The fraction of sp³-hybridized carbons (Fsp3) is 0.400. The van der Waals surface area contributed by atoms with Crippen LogP contribution in [0.15, 0.2) is 30.6 Å². The Hall–Kier alpha value is -2.76. The molecule has 0 N–H and O–H groups in total. The van der Waals surface area contributed by atoms with Crippen LogP contribution in [0.5, 0.6) is 11.6 Å². The number of nitrogens with zero attached hydrogens (tertiary/aromatic N) is 3. The van der Waals surface area contributed by atoms with Gasteiger partial charge in [0.25, 0.3) is 0 Å². The predicted molar refractivity (Wildman–Crippen MR) is 96.1 cm³/mol. The Kier molecular flexibility index (Phi) is 4.41. The Morgan fingerprint density at radius 2 is 2.08 bits per heavy atom. The largest absolute Gasteiger partial charge is 0.495 e. The molecule has 2 aromatic rings. The predicted octanol–water partition coefficient (Wildman–Crippen LogP) is 3.12. The van der Waals surface area contributed by atoms with Crippen LogP contribution in [0.4, 0.5) is 0 Å². The number of aryl methyl sites for hydroxylation is 1. The molecule has 6 heteroatoms. The number of methoxy groups -OCH3 is 1. The van der Waals surface area contributed by atoms with E-state index in [1.165, 1.54) is 0 Å². The van der Waals surface area contributed by atoms with Crippen LogP contribution in [0, 0.1) is 12.8 Å². The summed E-state index contributed by atoms with van der Waals surface area (Å²) in [6.45, 7) is 2.43. The lowest BCUT2D eigenvalue weighted by Crippen LogP contribution is -2.06. The average Bonchev–Trinajstić information content (AvgIpc) is 3.31. The van der Waals surface area contributed by atoms with Gasteiger partial charge < -0.3 is 9.47 Å². The molecule has 2 unspecified atom stereocenters.